The van der Waals surface area contributed by atoms with E-state index in [1.165, 1.54) is 11.1 Å². The summed E-state index contributed by atoms with van der Waals surface area (Å²) < 4.78 is 10.8. The van der Waals surface area contributed by atoms with E-state index in [9.17, 15) is 4.79 Å². The number of ketones is 1. The van der Waals surface area contributed by atoms with Gasteiger partial charge in [-0.1, -0.05) is 46.3 Å². The van der Waals surface area contributed by atoms with Crippen molar-refractivity contribution in [2.45, 2.75) is 19.5 Å². The maximum Gasteiger partial charge on any atom is 0.245 e. The third-order valence-electron chi connectivity index (χ3n) is 5.37. The van der Waals surface area contributed by atoms with Crippen LogP contribution in [0.4, 0.5) is 0 Å². The second kappa shape index (κ2) is 7.48. The van der Waals surface area contributed by atoms with Crippen LogP contribution in [0, 0.1) is 0 Å². The van der Waals surface area contributed by atoms with E-state index in [2.05, 4.69) is 50.8 Å². The molecule has 0 amide bonds. The summed E-state index contributed by atoms with van der Waals surface area (Å²) in [4.78, 5) is 12.8. The molecule has 2 heterocycles. The van der Waals surface area contributed by atoms with Crippen LogP contribution in [0.25, 0.3) is 11.0 Å². The first kappa shape index (κ1) is 18.1. The number of imidazole rings is 1. The van der Waals surface area contributed by atoms with Gasteiger partial charge < -0.3 is 4.74 Å². The number of aromatic nitrogens is 2. The Labute approximate surface area is 177 Å². The Kier molecular flexibility index (Phi) is 4.68. The third kappa shape index (κ3) is 3.58. The first-order valence-corrected chi connectivity index (χ1v) is 10.5. The summed E-state index contributed by atoms with van der Waals surface area (Å²) in [6.07, 6.45) is 3.02. The molecule has 4 nitrogen and oxygen atoms in total. The molecule has 4 aromatic rings. The van der Waals surface area contributed by atoms with Gasteiger partial charge in [-0.3, -0.25) is 4.79 Å². The van der Waals surface area contributed by atoms with Gasteiger partial charge in [0.1, 0.15) is 12.3 Å². The van der Waals surface area contributed by atoms with Crippen molar-refractivity contribution in [2.75, 3.05) is 6.61 Å². The molecule has 1 aliphatic heterocycles. The van der Waals surface area contributed by atoms with Gasteiger partial charge in [-0.2, -0.15) is 0 Å². The number of Topliss-reactive ketones (excluding diaryl/α,β-unsaturated/α-hetero) is 1. The van der Waals surface area contributed by atoms with Gasteiger partial charge in [-0.25, -0.2) is 9.13 Å². The monoisotopic (exact) mass is 447 g/mol. The van der Waals surface area contributed by atoms with E-state index in [1.807, 2.05) is 47.3 Å². The lowest BCUT2D eigenvalue weighted by Crippen LogP contribution is -2.33. The molecular formula is C24H20BrN2O2+. The van der Waals surface area contributed by atoms with E-state index < -0.39 is 0 Å². The molecule has 144 valence electrons. The molecule has 0 atom stereocenters. The van der Waals surface area contributed by atoms with Crippen LogP contribution in [0.15, 0.2) is 77.5 Å². The zero-order valence-electron chi connectivity index (χ0n) is 15.8. The average molecular weight is 448 g/mol. The highest BCUT2D eigenvalue weighted by Crippen LogP contribution is 2.26. The number of para-hydroxylation sites is 2. The van der Waals surface area contributed by atoms with Gasteiger partial charge in [0, 0.05) is 16.5 Å². The van der Waals surface area contributed by atoms with Gasteiger partial charge in [0.05, 0.1) is 6.61 Å². The van der Waals surface area contributed by atoms with Crippen molar-refractivity contribution in [3.63, 3.8) is 0 Å². The molecule has 0 saturated heterocycles. The Morgan fingerprint density at radius 2 is 1.90 bits per heavy atom. The van der Waals surface area contributed by atoms with Gasteiger partial charge in [0.2, 0.25) is 12.1 Å². The lowest BCUT2D eigenvalue weighted by Gasteiger charge is -2.02. The number of nitrogens with zero attached hydrogens (tertiary/aromatic N) is 2. The fraction of sp³-hybridized carbons (Fsp3) is 0.167. The van der Waals surface area contributed by atoms with Crippen molar-refractivity contribution in [1.29, 1.82) is 0 Å². The summed E-state index contributed by atoms with van der Waals surface area (Å²) in [7, 11) is 0. The highest BCUT2D eigenvalue weighted by molar-refractivity contribution is 9.10. The first-order valence-electron chi connectivity index (χ1n) is 9.68. The predicted molar refractivity (Wildman–Crippen MR) is 115 cm³/mol. The highest BCUT2D eigenvalue weighted by Gasteiger charge is 2.20. The topological polar surface area (TPSA) is 35.1 Å². The average Bonchev–Trinajstić information content (AvgIpc) is 3.33. The van der Waals surface area contributed by atoms with Crippen molar-refractivity contribution in [3.8, 4) is 5.75 Å². The number of benzene rings is 3. The maximum absolute atomic E-state index is 12.8. The van der Waals surface area contributed by atoms with Gasteiger partial charge in [0.25, 0.3) is 0 Å². The van der Waals surface area contributed by atoms with E-state index in [1.54, 1.807) is 0 Å². The van der Waals surface area contributed by atoms with Crippen molar-refractivity contribution >= 4 is 32.7 Å². The van der Waals surface area contributed by atoms with Crippen LogP contribution in [0.3, 0.4) is 0 Å². The Morgan fingerprint density at radius 3 is 2.76 bits per heavy atom. The van der Waals surface area contributed by atoms with Crippen LogP contribution < -0.4 is 9.30 Å². The number of carbonyl (C=O) groups is 1. The van der Waals surface area contributed by atoms with Gasteiger partial charge >= 0.3 is 0 Å². The normalized spacial score (nSPS) is 12.7. The summed E-state index contributed by atoms with van der Waals surface area (Å²) in [5.41, 5.74) is 5.41. The molecule has 0 fully saturated rings. The summed E-state index contributed by atoms with van der Waals surface area (Å²) >= 11 is 3.42. The molecule has 1 aromatic heterocycles. The fourth-order valence-corrected chi connectivity index (χ4v) is 4.18. The Bertz CT molecular complexity index is 1210. The summed E-state index contributed by atoms with van der Waals surface area (Å²) in [5, 5.41) is 0. The molecule has 0 aliphatic carbocycles. The van der Waals surface area contributed by atoms with E-state index in [0.717, 1.165) is 46.4 Å². The largest absolute Gasteiger partial charge is 0.493 e. The minimum Gasteiger partial charge on any atom is -0.493 e. The number of hydrogen-bond donors (Lipinski definition) is 0. The van der Waals surface area contributed by atoms with Crippen molar-refractivity contribution in [2.24, 2.45) is 0 Å². The van der Waals surface area contributed by atoms with Gasteiger partial charge in [0.15, 0.2) is 17.6 Å². The molecule has 0 radical (unpaired) electrons. The summed E-state index contributed by atoms with van der Waals surface area (Å²) in [6.45, 7) is 1.84. The lowest BCUT2D eigenvalue weighted by molar-refractivity contribution is -0.663. The standard InChI is InChI=1S/C24H20BrN2O2/c25-20-8-6-18(7-9-20)23(28)15-27-16-26(21-3-1-2-4-22(21)27)14-17-5-10-24-19(13-17)11-12-29-24/h1-10,13,16H,11-12,14-15H2/q+1. The SMILES string of the molecule is O=C(Cn1c[n+](Cc2ccc3c(c2)CCO3)c2ccccc21)c1ccc(Br)cc1. The van der Waals surface area contributed by atoms with Crippen LogP contribution in [0.2, 0.25) is 0 Å². The quantitative estimate of drug-likeness (QED) is 0.332. The zero-order valence-corrected chi connectivity index (χ0v) is 17.4. The second-order valence-corrected chi connectivity index (χ2v) is 8.25. The Balaban J connectivity index is 1.46. The minimum absolute atomic E-state index is 0.0973. The summed E-state index contributed by atoms with van der Waals surface area (Å²) in [5.74, 6) is 1.10. The maximum atomic E-state index is 12.8. The molecule has 0 bridgehead atoms. The molecule has 5 heteroatoms. The van der Waals surface area contributed by atoms with E-state index in [0.29, 0.717) is 6.54 Å². The van der Waals surface area contributed by atoms with Crippen LogP contribution >= 0.6 is 15.9 Å². The van der Waals surface area contributed by atoms with Gasteiger partial charge in [-0.15, -0.1) is 0 Å². The number of rotatable bonds is 5. The van der Waals surface area contributed by atoms with Crippen molar-refractivity contribution in [1.82, 2.24) is 4.57 Å². The van der Waals surface area contributed by atoms with Gasteiger partial charge in [-0.05, 0) is 47.5 Å². The fourth-order valence-electron chi connectivity index (χ4n) is 3.91. The lowest BCUT2D eigenvalue weighted by atomic mass is 10.1. The van der Waals surface area contributed by atoms with E-state index >= 15 is 0 Å². The number of carbonyl (C=O) groups excluding carboxylic acids is 1. The number of hydrogen-bond acceptors (Lipinski definition) is 2. The third-order valence-corrected chi connectivity index (χ3v) is 5.89. The number of fused-ring (bicyclic) bond motifs is 2. The van der Waals surface area contributed by atoms with Crippen LogP contribution in [-0.2, 0) is 19.5 Å². The molecule has 0 saturated carbocycles. The van der Waals surface area contributed by atoms with Crippen LogP contribution in [0.1, 0.15) is 21.5 Å². The molecular weight excluding hydrogens is 428 g/mol. The molecule has 0 spiro atoms. The smallest absolute Gasteiger partial charge is 0.245 e. The molecule has 5 rings (SSSR count). The Morgan fingerprint density at radius 1 is 1.07 bits per heavy atom. The van der Waals surface area contributed by atoms with Crippen LogP contribution in [-0.4, -0.2) is 17.0 Å². The zero-order chi connectivity index (χ0) is 19.8. The number of ether oxygens (including phenoxy) is 1. The second-order valence-electron chi connectivity index (χ2n) is 7.33. The van der Waals surface area contributed by atoms with E-state index in [-0.39, 0.29) is 5.78 Å². The van der Waals surface area contributed by atoms with Crippen molar-refractivity contribution in [3.05, 3.63) is 94.2 Å². The molecule has 29 heavy (non-hydrogen) atoms. The molecule has 0 unspecified atom stereocenters. The molecule has 3 aromatic carbocycles. The first-order chi connectivity index (χ1) is 14.2. The summed E-state index contributed by atoms with van der Waals surface area (Å²) in [6, 6.07) is 22.2. The Hall–Kier alpha value is -2.92. The van der Waals surface area contributed by atoms with E-state index in [4.69, 9.17) is 4.74 Å². The van der Waals surface area contributed by atoms with Crippen molar-refractivity contribution < 1.29 is 14.1 Å². The molecule has 0 N–H and O–H groups in total. The predicted octanol–water partition coefficient (Wildman–Crippen LogP) is 4.56. The number of halogens is 1. The minimum atomic E-state index is 0.0973. The van der Waals surface area contributed by atoms with Crippen LogP contribution in [0.5, 0.6) is 5.75 Å². The molecule has 1 aliphatic rings. The highest BCUT2D eigenvalue weighted by atomic mass is 79.9.